The third-order valence-corrected chi connectivity index (χ3v) is 6.20. The number of hydrogen-bond acceptors (Lipinski definition) is 0. The van der Waals surface area contributed by atoms with E-state index in [0.29, 0.717) is 0 Å². The van der Waals surface area contributed by atoms with Gasteiger partial charge in [-0.15, -0.1) is 0 Å². The van der Waals surface area contributed by atoms with E-state index in [1.807, 2.05) is 0 Å². The molecule has 0 aromatic heterocycles. The molecule has 1 saturated carbocycles. The summed E-state index contributed by atoms with van der Waals surface area (Å²) in [4.78, 5) is 0. The summed E-state index contributed by atoms with van der Waals surface area (Å²) in [6.07, 6.45) is 10.7. The lowest BCUT2D eigenvalue weighted by Gasteiger charge is -2.10. The zero-order valence-corrected chi connectivity index (χ0v) is 10.5. The molecule has 1 fully saturated rings. The molecule has 0 spiro atoms. The van der Waals surface area contributed by atoms with Crippen molar-refractivity contribution in [2.45, 2.75) is 31.2 Å². The highest BCUT2D eigenvalue weighted by molar-refractivity contribution is 6.62. The van der Waals surface area contributed by atoms with Crippen molar-refractivity contribution in [3.8, 4) is 0 Å². The zero-order chi connectivity index (χ0) is 10.1. The van der Waals surface area contributed by atoms with Gasteiger partial charge in [-0.05, 0) is 16.7 Å². The summed E-state index contributed by atoms with van der Waals surface area (Å²) in [5, 5.41) is 1.71. The fraction of sp³-hybridized carbons (Fsp3) is 0.357. The van der Waals surface area contributed by atoms with E-state index in [1.165, 1.54) is 36.8 Å². The molecule has 0 atom stereocenters. The van der Waals surface area contributed by atoms with E-state index in [-0.39, 0.29) is 9.52 Å². The van der Waals surface area contributed by atoms with Gasteiger partial charge in [-0.2, -0.15) is 0 Å². The molecule has 2 aliphatic rings. The van der Waals surface area contributed by atoms with E-state index in [2.05, 4.69) is 36.8 Å². The number of fused-ring (bicyclic) bond motifs is 1. The number of allylic oxidation sites excluding steroid dienone is 1. The monoisotopic (exact) mass is 213 g/mol. The average molecular weight is 213 g/mol. The van der Waals surface area contributed by atoms with E-state index in [1.54, 1.807) is 5.20 Å². The SMILES string of the molecule is [CH]1C=C([SiH2]C2CCCC2)c2ccccc21. The van der Waals surface area contributed by atoms with Gasteiger partial charge in [0.25, 0.3) is 0 Å². The third kappa shape index (κ3) is 1.81. The van der Waals surface area contributed by atoms with Gasteiger partial charge in [0.05, 0.1) is 9.52 Å². The number of rotatable bonds is 2. The van der Waals surface area contributed by atoms with E-state index in [4.69, 9.17) is 0 Å². The van der Waals surface area contributed by atoms with Crippen molar-refractivity contribution < 1.29 is 0 Å². The van der Waals surface area contributed by atoms with Gasteiger partial charge in [-0.3, -0.25) is 0 Å². The first-order valence-electron chi connectivity index (χ1n) is 6.07. The Kier molecular flexibility index (Phi) is 2.49. The Balaban J connectivity index is 1.78. The van der Waals surface area contributed by atoms with Crippen molar-refractivity contribution in [1.29, 1.82) is 0 Å². The van der Waals surface area contributed by atoms with Crippen LogP contribution in [0.1, 0.15) is 36.8 Å². The maximum atomic E-state index is 2.38. The lowest BCUT2D eigenvalue weighted by atomic mass is 10.1. The van der Waals surface area contributed by atoms with Gasteiger partial charge in [0.2, 0.25) is 0 Å². The molecular weight excluding hydrogens is 196 g/mol. The molecule has 3 rings (SSSR count). The van der Waals surface area contributed by atoms with Crippen molar-refractivity contribution in [2.75, 3.05) is 0 Å². The first-order valence-corrected chi connectivity index (χ1v) is 7.59. The highest BCUT2D eigenvalue weighted by Crippen LogP contribution is 2.36. The highest BCUT2D eigenvalue weighted by Gasteiger charge is 2.21. The molecule has 0 bridgehead atoms. The average Bonchev–Trinajstić information content (AvgIpc) is 2.89. The molecule has 1 radical (unpaired) electrons. The topological polar surface area (TPSA) is 0 Å². The second kappa shape index (κ2) is 3.97. The standard InChI is InChI=1S/C14H17Si/c1-4-8-13-11(5-1)9-10-14(13)15-12-6-2-3-7-12/h1,4-5,8-10,12H,2-3,6-7,15H2. The highest BCUT2D eigenvalue weighted by atomic mass is 28.2. The van der Waals surface area contributed by atoms with Crippen molar-refractivity contribution in [3.05, 3.63) is 47.9 Å². The maximum absolute atomic E-state index is 2.38. The van der Waals surface area contributed by atoms with Crippen LogP contribution in [0.25, 0.3) is 5.20 Å². The Morgan fingerprint density at radius 2 is 1.87 bits per heavy atom. The normalized spacial score (nSPS) is 21.2. The fourth-order valence-electron chi connectivity index (χ4n) is 2.92. The minimum Gasteiger partial charge on any atom is -0.0769 e. The lowest BCUT2D eigenvalue weighted by molar-refractivity contribution is 0.873. The predicted molar refractivity (Wildman–Crippen MR) is 68.6 cm³/mol. The summed E-state index contributed by atoms with van der Waals surface area (Å²) in [6.45, 7) is 0. The van der Waals surface area contributed by atoms with Gasteiger partial charge >= 0.3 is 0 Å². The quantitative estimate of drug-likeness (QED) is 0.662. The smallest absolute Gasteiger partial charge is 0.0582 e. The van der Waals surface area contributed by atoms with E-state index >= 15 is 0 Å². The van der Waals surface area contributed by atoms with Crippen LogP contribution in [0.5, 0.6) is 0 Å². The molecule has 0 saturated heterocycles. The van der Waals surface area contributed by atoms with Crippen molar-refractivity contribution in [3.63, 3.8) is 0 Å². The number of benzene rings is 1. The van der Waals surface area contributed by atoms with Gasteiger partial charge in [-0.25, -0.2) is 0 Å². The van der Waals surface area contributed by atoms with Crippen LogP contribution in [0.3, 0.4) is 0 Å². The van der Waals surface area contributed by atoms with Gasteiger partial charge in [0.15, 0.2) is 0 Å². The maximum Gasteiger partial charge on any atom is 0.0582 e. The van der Waals surface area contributed by atoms with Gasteiger partial charge in [-0.1, -0.05) is 61.2 Å². The molecule has 0 heterocycles. The Labute approximate surface area is 94.2 Å². The van der Waals surface area contributed by atoms with Crippen LogP contribution in [-0.4, -0.2) is 9.52 Å². The van der Waals surface area contributed by atoms with Crippen LogP contribution < -0.4 is 0 Å². The molecule has 1 aromatic carbocycles. The molecule has 0 unspecified atom stereocenters. The molecule has 15 heavy (non-hydrogen) atoms. The van der Waals surface area contributed by atoms with Gasteiger partial charge in [0, 0.05) is 6.42 Å². The summed E-state index contributed by atoms with van der Waals surface area (Å²) < 4.78 is 0. The molecule has 0 N–H and O–H groups in total. The molecule has 1 aromatic rings. The van der Waals surface area contributed by atoms with Gasteiger partial charge in [0.1, 0.15) is 0 Å². The van der Waals surface area contributed by atoms with Crippen molar-refractivity contribution >= 4 is 14.7 Å². The van der Waals surface area contributed by atoms with Crippen LogP contribution in [0, 0.1) is 6.42 Å². The lowest BCUT2D eigenvalue weighted by Crippen LogP contribution is -2.01. The second-order valence-electron chi connectivity index (χ2n) is 4.80. The minimum absolute atomic E-state index is 0.0146. The van der Waals surface area contributed by atoms with E-state index < -0.39 is 0 Å². The summed E-state index contributed by atoms with van der Waals surface area (Å²) in [5.41, 5.74) is 4.07. The second-order valence-corrected chi connectivity index (χ2v) is 7.13. The zero-order valence-electron chi connectivity index (χ0n) is 9.08. The first kappa shape index (κ1) is 9.41. The molecular formula is C14H17Si. The number of hydrogen-bond donors (Lipinski definition) is 0. The Bertz CT molecular complexity index is 386. The molecule has 77 valence electrons. The summed E-state index contributed by atoms with van der Waals surface area (Å²) in [6, 6.07) is 8.85. The van der Waals surface area contributed by atoms with Crippen LogP contribution in [0.15, 0.2) is 30.3 Å². The molecule has 2 aliphatic carbocycles. The molecule has 1 heteroatoms. The Morgan fingerprint density at radius 1 is 1.07 bits per heavy atom. The largest absolute Gasteiger partial charge is 0.0769 e. The first-order chi connectivity index (χ1) is 7.43. The van der Waals surface area contributed by atoms with Crippen LogP contribution in [0.2, 0.25) is 5.54 Å². The third-order valence-electron chi connectivity index (χ3n) is 3.75. The summed E-state index contributed by atoms with van der Waals surface area (Å²) >= 11 is 0. The van der Waals surface area contributed by atoms with E-state index in [0.717, 1.165) is 5.54 Å². The summed E-state index contributed by atoms with van der Waals surface area (Å²) in [5.74, 6) is 0. The predicted octanol–water partition coefficient (Wildman–Crippen LogP) is 3.12. The Hall–Kier alpha value is -0.823. The van der Waals surface area contributed by atoms with Crippen molar-refractivity contribution in [1.82, 2.24) is 0 Å². The minimum atomic E-state index is -0.0146. The Morgan fingerprint density at radius 3 is 2.73 bits per heavy atom. The molecule has 0 nitrogen and oxygen atoms in total. The molecule has 0 aliphatic heterocycles. The van der Waals surface area contributed by atoms with Gasteiger partial charge < -0.3 is 0 Å². The molecule has 0 amide bonds. The van der Waals surface area contributed by atoms with Crippen LogP contribution in [0.4, 0.5) is 0 Å². The van der Waals surface area contributed by atoms with Crippen LogP contribution >= 0.6 is 0 Å². The van der Waals surface area contributed by atoms with Crippen molar-refractivity contribution in [2.24, 2.45) is 0 Å². The van der Waals surface area contributed by atoms with E-state index in [9.17, 15) is 0 Å². The fourth-order valence-corrected chi connectivity index (χ4v) is 5.32. The summed E-state index contributed by atoms with van der Waals surface area (Å²) in [7, 11) is -0.0146. The van der Waals surface area contributed by atoms with Crippen LogP contribution in [-0.2, 0) is 0 Å².